The van der Waals surface area contributed by atoms with Gasteiger partial charge in [-0.15, -0.1) is 0 Å². The fourth-order valence-electron chi connectivity index (χ4n) is 2.95. The second kappa shape index (κ2) is 7.59. The van der Waals surface area contributed by atoms with Gasteiger partial charge in [-0.05, 0) is 33.6 Å². The second-order valence-electron chi connectivity index (χ2n) is 5.89. The van der Waals surface area contributed by atoms with Gasteiger partial charge in [0.2, 0.25) is 0 Å². The van der Waals surface area contributed by atoms with Crippen molar-refractivity contribution in [1.29, 1.82) is 0 Å². The highest BCUT2D eigenvalue weighted by molar-refractivity contribution is 9.10. The number of halogens is 2. The summed E-state index contributed by atoms with van der Waals surface area (Å²) in [5.41, 5.74) is 1.08. The molecule has 0 N–H and O–H groups in total. The molecule has 0 bridgehead atoms. The van der Waals surface area contributed by atoms with E-state index in [0.717, 1.165) is 38.3 Å². The van der Waals surface area contributed by atoms with Crippen molar-refractivity contribution in [1.82, 2.24) is 14.7 Å². The van der Waals surface area contributed by atoms with Crippen LogP contribution in [0.25, 0.3) is 0 Å². The molecule has 2 fully saturated rings. The topological polar surface area (TPSA) is 36.0 Å². The molecule has 0 saturated carbocycles. The third kappa shape index (κ3) is 4.22. The van der Waals surface area contributed by atoms with Gasteiger partial charge in [0.05, 0.1) is 17.7 Å². The minimum Gasteiger partial charge on any atom is -0.378 e. The van der Waals surface area contributed by atoms with Gasteiger partial charge >= 0.3 is 6.03 Å². The molecule has 0 spiro atoms. The molecule has 2 aliphatic rings. The van der Waals surface area contributed by atoms with Gasteiger partial charge in [0, 0.05) is 45.8 Å². The average molecular weight is 386 g/mol. The number of urea groups is 1. The maximum Gasteiger partial charge on any atom is 0.320 e. The zero-order chi connectivity index (χ0) is 16.2. The van der Waals surface area contributed by atoms with E-state index in [1.54, 1.807) is 0 Å². The van der Waals surface area contributed by atoms with Crippen LogP contribution in [0.1, 0.15) is 5.56 Å². The largest absolute Gasteiger partial charge is 0.378 e. The Bertz CT molecular complexity index is 558. The number of carbonyl (C=O) groups excluding carboxylic acids is 1. The molecule has 7 heteroatoms. The summed E-state index contributed by atoms with van der Waals surface area (Å²) >= 11 is 3.22. The zero-order valence-corrected chi connectivity index (χ0v) is 14.6. The third-order valence-corrected chi connectivity index (χ3v) is 4.92. The molecule has 0 aromatic heterocycles. The normalized spacial score (nSPS) is 19.9. The summed E-state index contributed by atoms with van der Waals surface area (Å²) < 4.78 is 19.1. The zero-order valence-electron chi connectivity index (χ0n) is 13.0. The monoisotopic (exact) mass is 385 g/mol. The first-order valence-corrected chi connectivity index (χ1v) is 8.70. The van der Waals surface area contributed by atoms with Crippen LogP contribution in [-0.4, -0.2) is 73.2 Å². The van der Waals surface area contributed by atoms with E-state index in [0.29, 0.717) is 30.8 Å². The summed E-state index contributed by atoms with van der Waals surface area (Å²) in [6.45, 7) is 6.55. The number of piperazine rings is 1. The minimum absolute atomic E-state index is 0.123. The lowest BCUT2D eigenvalue weighted by Gasteiger charge is -2.38. The first-order valence-electron chi connectivity index (χ1n) is 7.91. The molecule has 126 valence electrons. The Morgan fingerprint density at radius 3 is 2.39 bits per heavy atom. The highest BCUT2D eigenvalue weighted by atomic mass is 79.9. The van der Waals surface area contributed by atoms with Crippen LogP contribution < -0.4 is 0 Å². The summed E-state index contributed by atoms with van der Waals surface area (Å²) in [4.78, 5) is 18.5. The smallest absolute Gasteiger partial charge is 0.320 e. The first kappa shape index (κ1) is 16.7. The number of hydrogen-bond acceptors (Lipinski definition) is 3. The number of nitrogens with zero attached hydrogens (tertiary/aromatic N) is 3. The molecular weight excluding hydrogens is 365 g/mol. The van der Waals surface area contributed by atoms with Crippen molar-refractivity contribution in [2.24, 2.45) is 0 Å². The fraction of sp³-hybridized carbons (Fsp3) is 0.562. The number of carbonyl (C=O) groups is 1. The van der Waals surface area contributed by atoms with E-state index in [-0.39, 0.29) is 11.8 Å². The van der Waals surface area contributed by atoms with Crippen LogP contribution in [0.4, 0.5) is 9.18 Å². The van der Waals surface area contributed by atoms with Crippen LogP contribution in [0.15, 0.2) is 22.7 Å². The maximum absolute atomic E-state index is 13.3. The third-order valence-electron chi connectivity index (χ3n) is 4.31. The van der Waals surface area contributed by atoms with E-state index in [4.69, 9.17) is 4.74 Å². The Morgan fingerprint density at radius 1 is 1.09 bits per heavy atom. The van der Waals surface area contributed by atoms with Gasteiger partial charge in [0.15, 0.2) is 0 Å². The molecule has 0 unspecified atom stereocenters. The predicted molar refractivity (Wildman–Crippen MR) is 88.7 cm³/mol. The van der Waals surface area contributed by atoms with Crippen LogP contribution >= 0.6 is 15.9 Å². The molecule has 1 aromatic rings. The van der Waals surface area contributed by atoms with E-state index < -0.39 is 0 Å². The van der Waals surface area contributed by atoms with Crippen LogP contribution in [0.3, 0.4) is 0 Å². The molecule has 1 aromatic carbocycles. The van der Waals surface area contributed by atoms with E-state index in [2.05, 4.69) is 20.8 Å². The highest BCUT2D eigenvalue weighted by Crippen LogP contribution is 2.18. The average Bonchev–Trinajstić information content (AvgIpc) is 2.59. The lowest BCUT2D eigenvalue weighted by molar-refractivity contribution is 0.0373. The molecule has 0 atom stereocenters. The summed E-state index contributed by atoms with van der Waals surface area (Å²) in [6.07, 6.45) is 0. The molecule has 0 radical (unpaired) electrons. The molecule has 2 heterocycles. The highest BCUT2D eigenvalue weighted by Gasteiger charge is 2.26. The molecule has 23 heavy (non-hydrogen) atoms. The van der Waals surface area contributed by atoms with Crippen molar-refractivity contribution >= 4 is 22.0 Å². The molecular formula is C16H21BrFN3O2. The Labute approximate surface area is 144 Å². The number of ether oxygens (including phenoxy) is 1. The Hall–Kier alpha value is -1.18. The van der Waals surface area contributed by atoms with Crippen LogP contribution in [0, 0.1) is 5.82 Å². The van der Waals surface area contributed by atoms with E-state index in [1.807, 2.05) is 21.9 Å². The summed E-state index contributed by atoms with van der Waals surface area (Å²) in [6, 6.07) is 5.24. The van der Waals surface area contributed by atoms with E-state index >= 15 is 0 Å². The second-order valence-corrected chi connectivity index (χ2v) is 6.75. The Kier molecular flexibility index (Phi) is 5.50. The van der Waals surface area contributed by atoms with Crippen LogP contribution in [0.2, 0.25) is 0 Å². The predicted octanol–water partition coefficient (Wildman–Crippen LogP) is 2.16. The lowest BCUT2D eigenvalue weighted by atomic mass is 10.2. The fourth-order valence-corrected chi connectivity index (χ4v) is 3.37. The lowest BCUT2D eigenvalue weighted by Crippen LogP contribution is -2.54. The summed E-state index contributed by atoms with van der Waals surface area (Å²) in [7, 11) is 0. The van der Waals surface area contributed by atoms with E-state index in [9.17, 15) is 9.18 Å². The van der Waals surface area contributed by atoms with Crippen molar-refractivity contribution in [3.63, 3.8) is 0 Å². The Balaban J connectivity index is 1.49. The van der Waals surface area contributed by atoms with Gasteiger partial charge < -0.3 is 14.5 Å². The minimum atomic E-state index is -0.241. The molecule has 3 rings (SSSR count). The molecule has 2 aliphatic heterocycles. The van der Waals surface area contributed by atoms with Crippen LogP contribution in [0.5, 0.6) is 0 Å². The molecule has 2 amide bonds. The maximum atomic E-state index is 13.3. The van der Waals surface area contributed by atoms with Crippen molar-refractivity contribution in [3.05, 3.63) is 34.1 Å². The van der Waals surface area contributed by atoms with Gasteiger partial charge in [-0.25, -0.2) is 9.18 Å². The number of amides is 2. The first-order chi connectivity index (χ1) is 11.1. The molecule has 0 aliphatic carbocycles. The van der Waals surface area contributed by atoms with Gasteiger partial charge in [-0.3, -0.25) is 4.90 Å². The summed E-state index contributed by atoms with van der Waals surface area (Å²) in [5, 5.41) is 0. The van der Waals surface area contributed by atoms with Gasteiger partial charge in [-0.2, -0.15) is 0 Å². The Morgan fingerprint density at radius 2 is 1.74 bits per heavy atom. The summed E-state index contributed by atoms with van der Waals surface area (Å²) in [5.74, 6) is -0.241. The van der Waals surface area contributed by atoms with Crippen molar-refractivity contribution in [2.45, 2.75) is 6.54 Å². The number of benzene rings is 1. The number of morpholine rings is 1. The van der Waals surface area contributed by atoms with Crippen LogP contribution in [-0.2, 0) is 11.3 Å². The van der Waals surface area contributed by atoms with Crippen molar-refractivity contribution < 1.29 is 13.9 Å². The van der Waals surface area contributed by atoms with Crippen molar-refractivity contribution in [2.75, 3.05) is 52.5 Å². The molecule has 5 nitrogen and oxygen atoms in total. The molecule has 2 saturated heterocycles. The van der Waals surface area contributed by atoms with Gasteiger partial charge in [-0.1, -0.05) is 6.07 Å². The van der Waals surface area contributed by atoms with Gasteiger partial charge in [0.1, 0.15) is 5.82 Å². The number of rotatable bonds is 2. The quantitative estimate of drug-likeness (QED) is 0.782. The van der Waals surface area contributed by atoms with Gasteiger partial charge in [0.25, 0.3) is 0 Å². The standard InChI is InChI=1S/C16H21BrFN3O2/c17-14-11-13(1-2-15(14)18)12-19-3-5-20(6-4-19)16(22)21-7-9-23-10-8-21/h1-2,11H,3-10,12H2. The van der Waals surface area contributed by atoms with E-state index in [1.165, 1.54) is 6.07 Å². The number of hydrogen-bond donors (Lipinski definition) is 0. The van der Waals surface area contributed by atoms with Crippen molar-refractivity contribution in [3.8, 4) is 0 Å². The SMILES string of the molecule is O=C(N1CCOCC1)N1CCN(Cc2ccc(F)c(Br)c2)CC1.